The second kappa shape index (κ2) is 14.4. The van der Waals surface area contributed by atoms with E-state index < -0.39 is 8.67 Å². The SMILES string of the molecule is CCCCCCCCCCCCCCCCCCc1c(C=O)ccc2c1C(Cl)(Cl)C2(Cl)Cl. The first-order valence-electron chi connectivity index (χ1n) is 12.8. The number of benzene rings is 1. The van der Waals surface area contributed by atoms with Crippen molar-refractivity contribution in [2.24, 2.45) is 0 Å². The van der Waals surface area contributed by atoms with Crippen LogP contribution in [0.25, 0.3) is 0 Å². The van der Waals surface area contributed by atoms with Gasteiger partial charge >= 0.3 is 0 Å². The second-order valence-corrected chi connectivity index (χ2v) is 12.0. The molecule has 0 amide bonds. The van der Waals surface area contributed by atoms with Crippen molar-refractivity contribution in [3.05, 3.63) is 34.4 Å². The van der Waals surface area contributed by atoms with Gasteiger partial charge in [-0.2, -0.15) is 0 Å². The minimum Gasteiger partial charge on any atom is -0.298 e. The average molecular weight is 522 g/mol. The molecule has 0 radical (unpaired) electrons. The molecule has 0 spiro atoms. The fourth-order valence-electron chi connectivity index (χ4n) is 4.78. The summed E-state index contributed by atoms with van der Waals surface area (Å²) >= 11 is 25.5. The summed E-state index contributed by atoms with van der Waals surface area (Å²) in [6, 6.07) is 3.54. The van der Waals surface area contributed by atoms with Gasteiger partial charge in [0.1, 0.15) is 6.29 Å². The Balaban J connectivity index is 1.54. The molecule has 32 heavy (non-hydrogen) atoms. The summed E-state index contributed by atoms with van der Waals surface area (Å²) < 4.78 is -2.69. The van der Waals surface area contributed by atoms with E-state index in [-0.39, 0.29) is 0 Å². The fourth-order valence-corrected chi connectivity index (χ4v) is 5.92. The van der Waals surface area contributed by atoms with Gasteiger partial charge < -0.3 is 0 Å². The van der Waals surface area contributed by atoms with Crippen molar-refractivity contribution < 1.29 is 4.79 Å². The number of carbonyl (C=O) groups excluding carboxylic acids is 1. The Morgan fingerprint density at radius 1 is 0.656 bits per heavy atom. The number of fused-ring (bicyclic) bond motifs is 1. The number of hydrogen-bond donors (Lipinski definition) is 0. The van der Waals surface area contributed by atoms with Crippen LogP contribution in [-0.4, -0.2) is 6.29 Å². The highest BCUT2D eigenvalue weighted by Gasteiger charge is 2.62. The van der Waals surface area contributed by atoms with Gasteiger partial charge in [-0.15, -0.1) is 0 Å². The molecule has 1 aliphatic carbocycles. The lowest BCUT2D eigenvalue weighted by Crippen LogP contribution is -2.45. The maximum Gasteiger partial charge on any atom is 0.180 e. The molecule has 0 heterocycles. The molecule has 0 bridgehead atoms. The molecule has 0 atom stereocenters. The molecule has 0 N–H and O–H groups in total. The van der Waals surface area contributed by atoms with Crippen LogP contribution in [0.15, 0.2) is 12.1 Å². The monoisotopic (exact) mass is 520 g/mol. The Bertz CT molecular complexity index is 699. The van der Waals surface area contributed by atoms with Crippen LogP contribution in [0.2, 0.25) is 0 Å². The minimum atomic E-state index is -1.37. The first-order chi connectivity index (χ1) is 15.4. The third-order valence-electron chi connectivity index (χ3n) is 6.80. The number of halogens is 4. The van der Waals surface area contributed by atoms with Crippen molar-refractivity contribution >= 4 is 52.7 Å². The molecule has 1 aliphatic rings. The molecule has 0 fully saturated rings. The normalized spacial score (nSPS) is 15.9. The third kappa shape index (κ3) is 7.53. The van der Waals surface area contributed by atoms with E-state index >= 15 is 0 Å². The molecular weight excluding hydrogens is 482 g/mol. The summed E-state index contributed by atoms with van der Waals surface area (Å²) in [5.41, 5.74) is 3.00. The molecule has 0 aromatic heterocycles. The van der Waals surface area contributed by atoms with Crippen LogP contribution in [0.5, 0.6) is 0 Å². The molecule has 0 unspecified atom stereocenters. The topological polar surface area (TPSA) is 17.1 Å². The van der Waals surface area contributed by atoms with Crippen molar-refractivity contribution in [1.82, 2.24) is 0 Å². The smallest absolute Gasteiger partial charge is 0.180 e. The number of aldehydes is 1. The van der Waals surface area contributed by atoms with Crippen LogP contribution in [0.3, 0.4) is 0 Å². The Labute approximate surface area is 215 Å². The summed E-state index contributed by atoms with van der Waals surface area (Å²) in [4.78, 5) is 11.5. The largest absolute Gasteiger partial charge is 0.298 e. The summed E-state index contributed by atoms with van der Waals surface area (Å²) in [7, 11) is 0. The quantitative estimate of drug-likeness (QED) is 0.106. The van der Waals surface area contributed by atoms with E-state index in [0.717, 1.165) is 42.2 Å². The van der Waals surface area contributed by atoms with Crippen molar-refractivity contribution in [3.8, 4) is 0 Å². The second-order valence-electron chi connectivity index (χ2n) is 9.38. The van der Waals surface area contributed by atoms with Crippen LogP contribution in [0.4, 0.5) is 0 Å². The summed E-state index contributed by atoms with van der Waals surface area (Å²) in [6.45, 7) is 2.28. The van der Waals surface area contributed by atoms with Crippen LogP contribution in [0.1, 0.15) is 137 Å². The molecule has 182 valence electrons. The summed E-state index contributed by atoms with van der Waals surface area (Å²) in [5.74, 6) is 0. The highest BCUT2D eigenvalue weighted by atomic mass is 35.5. The predicted octanol–water partition coefficient (Wildman–Crippen LogP) is 10.6. The average Bonchev–Trinajstić information content (AvgIpc) is 2.78. The van der Waals surface area contributed by atoms with Crippen molar-refractivity contribution in [2.75, 3.05) is 0 Å². The number of rotatable bonds is 18. The molecular formula is C27H40Cl4O. The highest BCUT2D eigenvalue weighted by Crippen LogP contribution is 2.67. The van der Waals surface area contributed by atoms with Gasteiger partial charge in [-0.3, -0.25) is 4.79 Å². The molecule has 0 aliphatic heterocycles. The van der Waals surface area contributed by atoms with E-state index in [1.54, 1.807) is 12.1 Å². The summed E-state index contributed by atoms with van der Waals surface area (Å²) in [6.07, 6.45) is 23.0. The van der Waals surface area contributed by atoms with Crippen LogP contribution in [-0.2, 0) is 15.1 Å². The first-order valence-corrected chi connectivity index (χ1v) is 14.3. The van der Waals surface area contributed by atoms with E-state index in [0.29, 0.717) is 5.56 Å². The molecule has 0 saturated carbocycles. The lowest BCUT2D eigenvalue weighted by Gasteiger charge is -2.46. The number of carbonyl (C=O) groups is 1. The molecule has 1 aromatic carbocycles. The predicted molar refractivity (Wildman–Crippen MR) is 142 cm³/mol. The Kier molecular flexibility index (Phi) is 12.8. The van der Waals surface area contributed by atoms with Crippen LogP contribution in [0, 0.1) is 0 Å². The Hall–Kier alpha value is 0.0500. The van der Waals surface area contributed by atoms with E-state index in [2.05, 4.69) is 6.92 Å². The standard InChI is InChI=1S/C27H40Cl4O/c1-2-3-4-5-6-7-8-9-10-11-12-13-14-15-16-17-18-23-22(21-32)19-20-24-25(23)27(30,31)26(24,28)29/h19-21H,2-18H2,1H3. The molecule has 1 aromatic rings. The molecule has 2 rings (SSSR count). The maximum atomic E-state index is 11.5. The van der Waals surface area contributed by atoms with Gasteiger partial charge in [0.05, 0.1) is 0 Å². The van der Waals surface area contributed by atoms with Gasteiger partial charge in [0.2, 0.25) is 0 Å². The van der Waals surface area contributed by atoms with Crippen molar-refractivity contribution in [2.45, 2.75) is 125 Å². The van der Waals surface area contributed by atoms with E-state index in [1.165, 1.54) is 89.9 Å². The zero-order chi connectivity index (χ0) is 23.5. The minimum absolute atomic E-state index is 0.638. The fraction of sp³-hybridized carbons (Fsp3) is 0.741. The number of alkyl halides is 4. The van der Waals surface area contributed by atoms with Gasteiger partial charge in [0.15, 0.2) is 8.67 Å². The third-order valence-corrected chi connectivity index (χ3v) is 9.11. The van der Waals surface area contributed by atoms with Gasteiger partial charge in [0.25, 0.3) is 0 Å². The molecule has 5 heteroatoms. The molecule has 0 saturated heterocycles. The Morgan fingerprint density at radius 3 is 1.53 bits per heavy atom. The Morgan fingerprint density at radius 2 is 1.09 bits per heavy atom. The van der Waals surface area contributed by atoms with Gasteiger partial charge in [-0.05, 0) is 24.0 Å². The van der Waals surface area contributed by atoms with Crippen molar-refractivity contribution in [1.29, 1.82) is 0 Å². The van der Waals surface area contributed by atoms with E-state index in [9.17, 15) is 4.79 Å². The van der Waals surface area contributed by atoms with Gasteiger partial charge in [0, 0.05) is 11.1 Å². The number of hydrogen-bond acceptors (Lipinski definition) is 1. The van der Waals surface area contributed by atoms with E-state index in [1.807, 2.05) is 0 Å². The lowest BCUT2D eigenvalue weighted by atomic mass is 9.79. The van der Waals surface area contributed by atoms with E-state index in [4.69, 9.17) is 46.4 Å². The zero-order valence-electron chi connectivity index (χ0n) is 19.7. The molecule has 1 nitrogen and oxygen atoms in total. The van der Waals surface area contributed by atoms with Crippen LogP contribution < -0.4 is 0 Å². The lowest BCUT2D eigenvalue weighted by molar-refractivity contribution is 0.112. The van der Waals surface area contributed by atoms with Crippen molar-refractivity contribution in [3.63, 3.8) is 0 Å². The highest BCUT2D eigenvalue weighted by molar-refractivity contribution is 6.64. The summed E-state index contributed by atoms with van der Waals surface area (Å²) in [5, 5.41) is 0. The van der Waals surface area contributed by atoms with Gasteiger partial charge in [-0.1, -0.05) is 162 Å². The zero-order valence-corrected chi connectivity index (χ0v) is 22.7. The van der Waals surface area contributed by atoms with Crippen LogP contribution >= 0.6 is 46.4 Å². The van der Waals surface area contributed by atoms with Gasteiger partial charge in [-0.25, -0.2) is 0 Å². The maximum absolute atomic E-state index is 11.5. The number of unbranched alkanes of at least 4 members (excludes halogenated alkanes) is 15. The first kappa shape index (κ1) is 28.3.